The van der Waals surface area contributed by atoms with E-state index in [2.05, 4.69) is 48.5 Å². The molecule has 5 rings (SSSR count). The van der Waals surface area contributed by atoms with Crippen LogP contribution in [0.4, 0.5) is 0 Å². The lowest BCUT2D eigenvalue weighted by molar-refractivity contribution is -0.933. The molecule has 32 heavy (non-hydrogen) atoms. The lowest BCUT2D eigenvalue weighted by Gasteiger charge is -2.30. The van der Waals surface area contributed by atoms with Crippen molar-refractivity contribution in [3.63, 3.8) is 0 Å². The smallest absolute Gasteiger partial charge is 0.339 e. The van der Waals surface area contributed by atoms with E-state index in [-0.39, 0.29) is 11.5 Å². The van der Waals surface area contributed by atoms with Gasteiger partial charge in [0.2, 0.25) is 6.73 Å². The first-order valence-corrected chi connectivity index (χ1v) is 11.2. The number of hydrogen-bond acceptors (Lipinski definition) is 3. The maximum absolute atomic E-state index is 12.4. The number of benzene rings is 3. The van der Waals surface area contributed by atoms with Gasteiger partial charge in [0.05, 0.1) is 23.0 Å². The Hall–Kier alpha value is -3.08. The minimum Gasteiger partial charge on any atom is -0.443 e. The molecule has 0 aliphatic carbocycles. The fourth-order valence-electron chi connectivity index (χ4n) is 4.60. The fraction of sp³-hybridized carbons (Fsp3) is 0.222. The van der Waals surface area contributed by atoms with E-state index in [0.717, 1.165) is 23.1 Å². The molecule has 0 saturated carbocycles. The van der Waals surface area contributed by atoms with Crippen molar-refractivity contribution in [3.05, 3.63) is 110 Å². The monoisotopic (exact) mass is 446 g/mol. The lowest BCUT2D eigenvalue weighted by atomic mass is 9.90. The van der Waals surface area contributed by atoms with E-state index < -0.39 is 0 Å². The average molecular weight is 447 g/mol. The van der Waals surface area contributed by atoms with Gasteiger partial charge in [-0.05, 0) is 36.6 Å². The number of quaternary nitrogens is 1. The van der Waals surface area contributed by atoms with Crippen LogP contribution in [-0.4, -0.2) is 13.3 Å². The van der Waals surface area contributed by atoms with Crippen LogP contribution in [0.1, 0.15) is 33.7 Å². The van der Waals surface area contributed by atoms with Gasteiger partial charge in [0.1, 0.15) is 6.54 Å². The summed E-state index contributed by atoms with van der Waals surface area (Å²) in [7, 11) is 0. The van der Waals surface area contributed by atoms with E-state index in [1.165, 1.54) is 16.0 Å². The van der Waals surface area contributed by atoms with Crippen molar-refractivity contribution >= 4 is 22.6 Å². The quantitative estimate of drug-likeness (QED) is 0.465. The molecule has 1 aliphatic heterocycles. The number of hydrogen-bond donors (Lipinski definition) is 1. The molecule has 4 aromatic rings. The third kappa shape index (κ3) is 3.70. The highest BCUT2D eigenvalue weighted by Crippen LogP contribution is 2.37. The molecule has 0 fully saturated rings. The second kappa shape index (κ2) is 8.45. The van der Waals surface area contributed by atoms with Gasteiger partial charge in [0.15, 0.2) is 11.3 Å². The number of nitrogens with one attached hydrogen (secondary N) is 1. The van der Waals surface area contributed by atoms with Gasteiger partial charge < -0.3 is 9.15 Å². The minimum absolute atomic E-state index is 0.221. The SMILES string of the molecule is Cc1c(C)c2cc(Cl)c3c(c2oc1=O)C[NH+](CC(c1ccccc1)c1ccccc1)CO3. The van der Waals surface area contributed by atoms with Crippen LogP contribution in [0.3, 0.4) is 0 Å². The van der Waals surface area contributed by atoms with Gasteiger partial charge in [-0.1, -0.05) is 72.3 Å². The Morgan fingerprint density at radius 1 is 0.969 bits per heavy atom. The molecule has 0 amide bonds. The highest BCUT2D eigenvalue weighted by Gasteiger charge is 2.30. The largest absolute Gasteiger partial charge is 0.443 e. The molecule has 0 radical (unpaired) electrons. The summed E-state index contributed by atoms with van der Waals surface area (Å²) in [6.45, 7) is 5.74. The zero-order valence-electron chi connectivity index (χ0n) is 18.2. The summed E-state index contributed by atoms with van der Waals surface area (Å²) in [4.78, 5) is 13.7. The van der Waals surface area contributed by atoms with Crippen LogP contribution in [0.25, 0.3) is 11.0 Å². The third-order valence-corrected chi connectivity index (χ3v) is 6.77. The average Bonchev–Trinajstić information content (AvgIpc) is 2.83. The molecule has 1 N–H and O–H groups in total. The molecule has 1 aliphatic rings. The number of fused-ring (bicyclic) bond motifs is 3. The predicted octanol–water partition coefficient (Wildman–Crippen LogP) is 4.63. The number of halogens is 1. The molecular formula is C27H25ClNO3+. The summed E-state index contributed by atoms with van der Waals surface area (Å²) in [6, 6.07) is 22.9. The summed E-state index contributed by atoms with van der Waals surface area (Å²) < 4.78 is 11.9. The summed E-state index contributed by atoms with van der Waals surface area (Å²) in [6.07, 6.45) is 0. The zero-order chi connectivity index (χ0) is 22.2. The van der Waals surface area contributed by atoms with Crippen LogP contribution in [0.15, 0.2) is 75.9 Å². The molecule has 2 heterocycles. The summed E-state index contributed by atoms with van der Waals surface area (Å²) >= 11 is 6.58. The Morgan fingerprint density at radius 3 is 2.22 bits per heavy atom. The molecule has 0 saturated heterocycles. The van der Waals surface area contributed by atoms with Crippen LogP contribution in [-0.2, 0) is 6.54 Å². The molecule has 162 valence electrons. The van der Waals surface area contributed by atoms with Gasteiger partial charge >= 0.3 is 5.63 Å². The normalized spacial score (nSPS) is 15.6. The maximum atomic E-state index is 12.4. The summed E-state index contributed by atoms with van der Waals surface area (Å²) in [5.41, 5.74) is 5.21. The topological polar surface area (TPSA) is 43.9 Å². The molecule has 0 bridgehead atoms. The summed E-state index contributed by atoms with van der Waals surface area (Å²) in [5, 5.41) is 1.43. The first kappa shape index (κ1) is 20.8. The Balaban J connectivity index is 1.54. The predicted molar refractivity (Wildman–Crippen MR) is 127 cm³/mol. The highest BCUT2D eigenvalue weighted by atomic mass is 35.5. The van der Waals surface area contributed by atoms with Gasteiger partial charge in [0.25, 0.3) is 0 Å². The second-order valence-corrected chi connectivity index (χ2v) is 8.88. The van der Waals surface area contributed by atoms with Gasteiger partial charge in [-0.15, -0.1) is 0 Å². The van der Waals surface area contributed by atoms with E-state index >= 15 is 0 Å². The molecule has 4 nitrogen and oxygen atoms in total. The Kier molecular flexibility index (Phi) is 5.50. The zero-order valence-corrected chi connectivity index (χ0v) is 18.9. The number of ether oxygens (including phenoxy) is 1. The number of aryl methyl sites for hydroxylation is 1. The second-order valence-electron chi connectivity index (χ2n) is 8.48. The van der Waals surface area contributed by atoms with Crippen molar-refractivity contribution in [2.24, 2.45) is 0 Å². The first-order valence-electron chi connectivity index (χ1n) is 10.8. The van der Waals surface area contributed by atoms with Crippen LogP contribution in [0.5, 0.6) is 5.75 Å². The lowest BCUT2D eigenvalue weighted by Crippen LogP contribution is -3.12. The van der Waals surface area contributed by atoms with Crippen molar-refractivity contribution in [3.8, 4) is 5.75 Å². The molecule has 5 heteroatoms. The van der Waals surface area contributed by atoms with Crippen molar-refractivity contribution < 1.29 is 14.1 Å². The Bertz CT molecular complexity index is 1290. The fourth-order valence-corrected chi connectivity index (χ4v) is 4.88. The first-order chi connectivity index (χ1) is 15.5. The number of rotatable bonds is 4. The maximum Gasteiger partial charge on any atom is 0.339 e. The molecule has 1 unspecified atom stereocenters. The van der Waals surface area contributed by atoms with E-state index in [1.54, 1.807) is 6.92 Å². The van der Waals surface area contributed by atoms with Crippen molar-refractivity contribution in [1.82, 2.24) is 0 Å². The van der Waals surface area contributed by atoms with Gasteiger partial charge in [-0.3, -0.25) is 4.90 Å². The van der Waals surface area contributed by atoms with E-state index in [0.29, 0.717) is 35.2 Å². The third-order valence-electron chi connectivity index (χ3n) is 6.49. The van der Waals surface area contributed by atoms with E-state index in [1.807, 2.05) is 25.1 Å². The van der Waals surface area contributed by atoms with Crippen LogP contribution in [0, 0.1) is 13.8 Å². The molecular weight excluding hydrogens is 422 g/mol. The Labute approximate surface area is 192 Å². The molecule has 1 aromatic heterocycles. The molecule has 3 aromatic carbocycles. The van der Waals surface area contributed by atoms with Crippen LogP contribution < -0.4 is 15.3 Å². The van der Waals surface area contributed by atoms with Crippen LogP contribution in [0.2, 0.25) is 5.02 Å². The van der Waals surface area contributed by atoms with Crippen molar-refractivity contribution in [1.29, 1.82) is 0 Å². The Morgan fingerprint density at radius 2 is 1.59 bits per heavy atom. The van der Waals surface area contributed by atoms with Crippen molar-refractivity contribution in [2.75, 3.05) is 13.3 Å². The molecule has 1 atom stereocenters. The molecule has 0 spiro atoms. The standard InChI is InChI=1S/C27H24ClNO3/c1-17-18(2)27(30)32-25-21(17)13-24(28)26-23(25)15-29(16-31-26)14-22(19-9-5-3-6-10-19)20-11-7-4-8-12-20/h3-13,22H,14-16H2,1-2H3/p+1. The van der Waals surface area contributed by atoms with Gasteiger partial charge in [0, 0.05) is 10.9 Å². The highest BCUT2D eigenvalue weighted by molar-refractivity contribution is 6.33. The van der Waals surface area contributed by atoms with Gasteiger partial charge in [-0.2, -0.15) is 0 Å². The van der Waals surface area contributed by atoms with Crippen molar-refractivity contribution in [2.45, 2.75) is 26.3 Å². The van der Waals surface area contributed by atoms with Gasteiger partial charge in [-0.25, -0.2) is 4.79 Å². The summed E-state index contributed by atoms with van der Waals surface area (Å²) in [5.74, 6) is 0.851. The van der Waals surface area contributed by atoms with E-state index in [4.69, 9.17) is 20.8 Å². The van der Waals surface area contributed by atoms with E-state index in [9.17, 15) is 4.79 Å². The minimum atomic E-state index is -0.307. The van der Waals surface area contributed by atoms with Crippen LogP contribution >= 0.6 is 11.6 Å².